The van der Waals surface area contributed by atoms with Crippen molar-refractivity contribution in [2.75, 3.05) is 19.0 Å². The van der Waals surface area contributed by atoms with Crippen molar-refractivity contribution in [3.05, 3.63) is 75.7 Å². The molecule has 32 heavy (non-hydrogen) atoms. The number of aryl methyl sites for hydroxylation is 1. The van der Waals surface area contributed by atoms with Crippen LogP contribution in [0.25, 0.3) is 0 Å². The number of rotatable bonds is 7. The van der Waals surface area contributed by atoms with Gasteiger partial charge in [-0.3, -0.25) is 9.69 Å². The summed E-state index contributed by atoms with van der Waals surface area (Å²) < 4.78 is 5.33. The number of nitrogens with zero attached hydrogens (tertiary/aromatic N) is 2. The highest BCUT2D eigenvalue weighted by molar-refractivity contribution is 7.09. The average molecular weight is 450 g/mol. The molecule has 1 aliphatic rings. The maximum Gasteiger partial charge on any atom is 0.231 e. The van der Waals surface area contributed by atoms with E-state index in [-0.39, 0.29) is 5.91 Å². The van der Waals surface area contributed by atoms with E-state index in [1.807, 2.05) is 43.3 Å². The molecule has 0 aliphatic carbocycles. The molecule has 0 saturated carbocycles. The number of hydrogen-bond acceptors (Lipinski definition) is 5. The van der Waals surface area contributed by atoms with Crippen LogP contribution in [0.1, 0.15) is 53.6 Å². The van der Waals surface area contributed by atoms with Gasteiger partial charge in [-0.15, -0.1) is 11.3 Å². The van der Waals surface area contributed by atoms with Crippen molar-refractivity contribution < 1.29 is 9.53 Å². The highest BCUT2D eigenvalue weighted by Crippen LogP contribution is 2.32. The van der Waals surface area contributed by atoms with E-state index in [0.29, 0.717) is 12.5 Å². The van der Waals surface area contributed by atoms with Gasteiger partial charge in [0.05, 0.1) is 19.2 Å². The van der Waals surface area contributed by atoms with Crippen LogP contribution in [-0.4, -0.2) is 29.4 Å². The number of anilines is 1. The molecule has 2 heterocycles. The molecule has 1 atom stereocenters. The highest BCUT2D eigenvalue weighted by Gasteiger charge is 2.23. The maximum atomic E-state index is 12.4. The van der Waals surface area contributed by atoms with Gasteiger partial charge in [0, 0.05) is 23.7 Å². The number of carbonyl (C=O) groups is 1. The quantitative estimate of drug-likeness (QED) is 0.498. The predicted molar refractivity (Wildman–Crippen MR) is 130 cm³/mol. The lowest BCUT2D eigenvalue weighted by molar-refractivity contribution is -0.115. The number of thiazole rings is 1. The van der Waals surface area contributed by atoms with Gasteiger partial charge < -0.3 is 10.1 Å². The van der Waals surface area contributed by atoms with Crippen LogP contribution in [0.3, 0.4) is 0 Å². The molecule has 1 unspecified atom stereocenters. The monoisotopic (exact) mass is 449 g/mol. The zero-order chi connectivity index (χ0) is 22.3. The Morgan fingerprint density at radius 1 is 1.12 bits per heavy atom. The minimum atomic E-state index is -0.0272. The summed E-state index contributed by atoms with van der Waals surface area (Å²) in [6.07, 6.45) is 5.19. The Kier molecular flexibility index (Phi) is 7.55. The molecule has 4 rings (SSSR count). The summed E-state index contributed by atoms with van der Waals surface area (Å²) in [5.41, 5.74) is 4.38. The summed E-state index contributed by atoms with van der Waals surface area (Å²) in [6.45, 7) is 3.91. The van der Waals surface area contributed by atoms with Crippen molar-refractivity contribution in [3.63, 3.8) is 0 Å². The molecule has 1 fully saturated rings. The molecule has 1 amide bonds. The van der Waals surface area contributed by atoms with E-state index in [2.05, 4.69) is 27.7 Å². The lowest BCUT2D eigenvalue weighted by Gasteiger charge is -2.29. The molecule has 6 heteroatoms. The second-order valence-corrected chi connectivity index (χ2v) is 9.37. The fourth-order valence-corrected chi connectivity index (χ4v) is 5.03. The van der Waals surface area contributed by atoms with Crippen LogP contribution in [0.4, 0.5) is 5.69 Å². The second kappa shape index (κ2) is 10.7. The van der Waals surface area contributed by atoms with E-state index in [1.165, 1.54) is 30.4 Å². The van der Waals surface area contributed by atoms with E-state index >= 15 is 0 Å². The molecule has 1 saturated heterocycles. The van der Waals surface area contributed by atoms with E-state index in [0.717, 1.165) is 41.6 Å². The Morgan fingerprint density at radius 2 is 1.91 bits per heavy atom. The fraction of sp³-hybridized carbons (Fsp3) is 0.385. The van der Waals surface area contributed by atoms with Crippen molar-refractivity contribution in [3.8, 4) is 5.75 Å². The summed E-state index contributed by atoms with van der Waals surface area (Å²) in [7, 11) is 1.70. The molecule has 5 nitrogen and oxygen atoms in total. The average Bonchev–Trinajstić information content (AvgIpc) is 3.10. The number of benzene rings is 2. The largest absolute Gasteiger partial charge is 0.497 e. The number of amides is 1. The number of methoxy groups -OCH3 is 1. The van der Waals surface area contributed by atoms with E-state index in [9.17, 15) is 4.79 Å². The standard InChI is InChI=1S/C26H31N3O2S/c1-19-7-11-21(12-8-19)27-25(30)16-26-28-22(18-32-26)17-29-15-5-3-4-6-24(29)20-9-13-23(31-2)14-10-20/h7-14,18,24H,3-6,15-17H2,1-2H3,(H,27,30). The smallest absolute Gasteiger partial charge is 0.231 e. The lowest BCUT2D eigenvalue weighted by Crippen LogP contribution is -2.28. The second-order valence-electron chi connectivity index (χ2n) is 8.43. The van der Waals surface area contributed by atoms with Crippen LogP contribution in [0.15, 0.2) is 53.9 Å². The van der Waals surface area contributed by atoms with Crippen LogP contribution in [0.2, 0.25) is 0 Å². The minimum Gasteiger partial charge on any atom is -0.497 e. The van der Waals surface area contributed by atoms with Crippen molar-refractivity contribution in [1.29, 1.82) is 0 Å². The SMILES string of the molecule is COc1ccc(C2CCCCCN2Cc2csc(CC(=O)Nc3ccc(C)cc3)n2)cc1. The first kappa shape index (κ1) is 22.5. The number of hydrogen-bond donors (Lipinski definition) is 1. The topological polar surface area (TPSA) is 54.5 Å². The Balaban J connectivity index is 1.39. The number of carbonyl (C=O) groups excluding carboxylic acids is 1. The Bertz CT molecular complexity index is 1010. The molecular weight excluding hydrogens is 418 g/mol. The van der Waals surface area contributed by atoms with Gasteiger partial charge in [-0.05, 0) is 56.1 Å². The van der Waals surface area contributed by atoms with Gasteiger partial charge in [0.25, 0.3) is 0 Å². The molecule has 1 aromatic heterocycles. The summed E-state index contributed by atoms with van der Waals surface area (Å²) in [5, 5.41) is 5.92. The summed E-state index contributed by atoms with van der Waals surface area (Å²) >= 11 is 1.57. The van der Waals surface area contributed by atoms with Crippen LogP contribution in [0, 0.1) is 6.92 Å². The maximum absolute atomic E-state index is 12.4. The molecule has 0 spiro atoms. The molecule has 1 N–H and O–H groups in total. The van der Waals surface area contributed by atoms with Gasteiger partial charge in [-0.25, -0.2) is 4.98 Å². The number of ether oxygens (including phenoxy) is 1. The van der Waals surface area contributed by atoms with Crippen molar-refractivity contribution >= 4 is 22.9 Å². The zero-order valence-electron chi connectivity index (χ0n) is 18.8. The first-order chi connectivity index (χ1) is 15.6. The number of nitrogens with one attached hydrogen (secondary N) is 1. The third kappa shape index (κ3) is 5.96. The molecule has 0 bridgehead atoms. The first-order valence-electron chi connectivity index (χ1n) is 11.3. The van der Waals surface area contributed by atoms with Gasteiger partial charge in [0.15, 0.2) is 0 Å². The van der Waals surface area contributed by atoms with Crippen molar-refractivity contribution in [1.82, 2.24) is 9.88 Å². The zero-order valence-corrected chi connectivity index (χ0v) is 19.7. The highest BCUT2D eigenvalue weighted by atomic mass is 32.1. The molecule has 168 valence electrons. The fourth-order valence-electron chi connectivity index (χ4n) is 4.25. The van der Waals surface area contributed by atoms with Crippen LogP contribution < -0.4 is 10.1 Å². The van der Waals surface area contributed by atoms with Gasteiger partial charge >= 0.3 is 0 Å². The van der Waals surface area contributed by atoms with E-state index in [4.69, 9.17) is 9.72 Å². The van der Waals surface area contributed by atoms with E-state index in [1.54, 1.807) is 18.4 Å². The summed E-state index contributed by atoms with van der Waals surface area (Å²) in [4.78, 5) is 19.8. The Labute approximate surface area is 194 Å². The van der Waals surface area contributed by atoms with Crippen LogP contribution in [-0.2, 0) is 17.8 Å². The molecule has 1 aliphatic heterocycles. The van der Waals surface area contributed by atoms with Gasteiger partial charge in [-0.1, -0.05) is 42.7 Å². The molecule has 0 radical (unpaired) electrons. The normalized spacial score (nSPS) is 17.0. The number of aromatic nitrogens is 1. The first-order valence-corrected chi connectivity index (χ1v) is 12.2. The third-order valence-corrected chi connectivity index (χ3v) is 6.87. The van der Waals surface area contributed by atoms with Crippen LogP contribution >= 0.6 is 11.3 Å². The van der Waals surface area contributed by atoms with Gasteiger partial charge in [0.2, 0.25) is 5.91 Å². The van der Waals surface area contributed by atoms with Crippen molar-refractivity contribution in [2.24, 2.45) is 0 Å². The van der Waals surface area contributed by atoms with Crippen LogP contribution in [0.5, 0.6) is 5.75 Å². The van der Waals surface area contributed by atoms with Crippen molar-refractivity contribution in [2.45, 2.75) is 51.6 Å². The molecular formula is C26H31N3O2S. The molecule has 3 aromatic rings. The van der Waals surface area contributed by atoms with Gasteiger partial charge in [-0.2, -0.15) is 0 Å². The summed E-state index contributed by atoms with van der Waals surface area (Å²) in [6, 6.07) is 16.7. The van der Waals surface area contributed by atoms with Gasteiger partial charge in [0.1, 0.15) is 10.8 Å². The molecule has 2 aromatic carbocycles. The summed E-state index contributed by atoms with van der Waals surface area (Å²) in [5.74, 6) is 0.864. The Morgan fingerprint density at radius 3 is 2.66 bits per heavy atom. The number of likely N-dealkylation sites (tertiary alicyclic amines) is 1. The lowest BCUT2D eigenvalue weighted by atomic mass is 10.0. The Hall–Kier alpha value is -2.70. The van der Waals surface area contributed by atoms with E-state index < -0.39 is 0 Å². The minimum absolute atomic E-state index is 0.0272. The predicted octanol–water partition coefficient (Wildman–Crippen LogP) is 5.76. The third-order valence-electron chi connectivity index (χ3n) is 5.98.